The van der Waals surface area contributed by atoms with Gasteiger partial charge in [0.1, 0.15) is 6.17 Å². The van der Waals surface area contributed by atoms with Crippen LogP contribution in [0, 0.1) is 6.92 Å². The van der Waals surface area contributed by atoms with Crippen LogP contribution in [0.5, 0.6) is 0 Å². The molecular weight excluding hydrogens is 268 g/mol. The molecule has 0 saturated heterocycles. The van der Waals surface area contributed by atoms with Crippen LogP contribution in [0.3, 0.4) is 0 Å². The molecule has 108 valence electrons. The van der Waals surface area contributed by atoms with Crippen LogP contribution in [0.4, 0.5) is 17.1 Å². The van der Waals surface area contributed by atoms with E-state index >= 15 is 0 Å². The average Bonchev–Trinajstić information content (AvgIpc) is 2.95. The van der Waals surface area contributed by atoms with E-state index in [4.69, 9.17) is 0 Å². The van der Waals surface area contributed by atoms with Gasteiger partial charge in [0, 0.05) is 5.69 Å². The third-order valence-corrected chi connectivity index (χ3v) is 4.11. The minimum Gasteiger partial charge on any atom is -0.359 e. The van der Waals surface area contributed by atoms with Crippen molar-refractivity contribution in [2.75, 3.05) is 10.2 Å². The Hall–Kier alpha value is -2.74. The Labute approximate surface area is 131 Å². The Morgan fingerprint density at radius 3 is 2.23 bits per heavy atom. The molecule has 1 atom stereocenters. The average molecular weight is 286 g/mol. The number of anilines is 3. The molecule has 0 amide bonds. The Bertz CT molecular complexity index is 781. The van der Waals surface area contributed by atoms with Crippen LogP contribution in [0.1, 0.15) is 17.3 Å². The van der Waals surface area contributed by atoms with E-state index in [1.807, 2.05) is 0 Å². The van der Waals surface area contributed by atoms with Gasteiger partial charge in [-0.05, 0) is 42.3 Å². The van der Waals surface area contributed by atoms with Crippen LogP contribution >= 0.6 is 0 Å². The monoisotopic (exact) mass is 286 g/mol. The number of aryl methyl sites for hydroxylation is 1. The summed E-state index contributed by atoms with van der Waals surface area (Å²) in [7, 11) is 0. The molecule has 0 bridgehead atoms. The lowest BCUT2D eigenvalue weighted by atomic mass is 10.1. The predicted octanol–water partition coefficient (Wildman–Crippen LogP) is 5.26. The van der Waals surface area contributed by atoms with Crippen molar-refractivity contribution in [1.82, 2.24) is 0 Å². The summed E-state index contributed by atoms with van der Waals surface area (Å²) < 4.78 is 0. The lowest BCUT2D eigenvalue weighted by molar-refractivity contribution is 0.828. The van der Waals surface area contributed by atoms with Crippen LogP contribution < -0.4 is 10.2 Å². The van der Waals surface area contributed by atoms with Gasteiger partial charge in [-0.25, -0.2) is 0 Å². The molecule has 2 heteroatoms. The van der Waals surface area contributed by atoms with Gasteiger partial charge in [0.15, 0.2) is 0 Å². The molecule has 0 aromatic heterocycles. The summed E-state index contributed by atoms with van der Waals surface area (Å²) in [6, 6.07) is 27.7. The Balaban J connectivity index is 1.86. The van der Waals surface area contributed by atoms with Gasteiger partial charge >= 0.3 is 0 Å². The molecule has 22 heavy (non-hydrogen) atoms. The van der Waals surface area contributed by atoms with E-state index in [1.165, 1.54) is 28.2 Å². The van der Waals surface area contributed by atoms with Gasteiger partial charge in [0.2, 0.25) is 0 Å². The predicted molar refractivity (Wildman–Crippen MR) is 92.6 cm³/mol. The zero-order valence-electron chi connectivity index (χ0n) is 12.5. The first-order valence-electron chi connectivity index (χ1n) is 7.59. The maximum absolute atomic E-state index is 3.65. The molecule has 4 rings (SSSR count). The second-order valence-corrected chi connectivity index (χ2v) is 5.68. The molecular formula is C20H18N2. The molecule has 3 aromatic carbocycles. The first-order chi connectivity index (χ1) is 10.8. The molecule has 1 N–H and O–H groups in total. The Morgan fingerprint density at radius 1 is 0.818 bits per heavy atom. The highest BCUT2D eigenvalue weighted by atomic mass is 15.3. The first kappa shape index (κ1) is 13.0. The molecule has 0 radical (unpaired) electrons. The van der Waals surface area contributed by atoms with Gasteiger partial charge in [-0.15, -0.1) is 0 Å². The smallest absolute Gasteiger partial charge is 0.130 e. The maximum atomic E-state index is 3.65. The fraction of sp³-hybridized carbons (Fsp3) is 0.100. The summed E-state index contributed by atoms with van der Waals surface area (Å²) in [5.41, 5.74) is 6.16. The van der Waals surface area contributed by atoms with Crippen LogP contribution in [0.15, 0.2) is 78.9 Å². The standard InChI is InChI=1S/C20H18N2/c1-15-12-13-18-19(14-15)22(17-10-6-3-7-11-17)20(21-18)16-8-4-2-5-9-16/h2-14,20-21H,1H3. The van der Waals surface area contributed by atoms with E-state index in [2.05, 4.69) is 96.0 Å². The fourth-order valence-electron chi connectivity index (χ4n) is 3.06. The molecule has 2 nitrogen and oxygen atoms in total. The van der Waals surface area contributed by atoms with E-state index in [9.17, 15) is 0 Å². The topological polar surface area (TPSA) is 15.3 Å². The molecule has 0 saturated carbocycles. The maximum Gasteiger partial charge on any atom is 0.130 e. The van der Waals surface area contributed by atoms with Gasteiger partial charge < -0.3 is 10.2 Å². The van der Waals surface area contributed by atoms with Gasteiger partial charge in [0.25, 0.3) is 0 Å². The Morgan fingerprint density at radius 2 is 1.50 bits per heavy atom. The third-order valence-electron chi connectivity index (χ3n) is 4.11. The minimum absolute atomic E-state index is 0.125. The fourth-order valence-corrected chi connectivity index (χ4v) is 3.06. The highest BCUT2D eigenvalue weighted by Gasteiger charge is 2.30. The molecule has 0 aliphatic carbocycles. The summed E-state index contributed by atoms with van der Waals surface area (Å²) >= 11 is 0. The van der Waals surface area contributed by atoms with Gasteiger partial charge in [-0.2, -0.15) is 0 Å². The van der Waals surface area contributed by atoms with Crippen molar-refractivity contribution >= 4 is 17.1 Å². The second-order valence-electron chi connectivity index (χ2n) is 5.68. The lowest BCUT2D eigenvalue weighted by Gasteiger charge is -2.27. The molecule has 0 spiro atoms. The number of hydrogen-bond donors (Lipinski definition) is 1. The van der Waals surface area contributed by atoms with Gasteiger partial charge in [-0.3, -0.25) is 0 Å². The van der Waals surface area contributed by atoms with E-state index in [-0.39, 0.29) is 6.17 Å². The summed E-state index contributed by atoms with van der Waals surface area (Å²) in [5.74, 6) is 0. The van der Waals surface area contributed by atoms with E-state index < -0.39 is 0 Å². The number of nitrogens with one attached hydrogen (secondary N) is 1. The van der Waals surface area contributed by atoms with Crippen molar-refractivity contribution in [2.24, 2.45) is 0 Å². The first-order valence-corrected chi connectivity index (χ1v) is 7.59. The highest BCUT2D eigenvalue weighted by molar-refractivity contribution is 5.83. The molecule has 1 aliphatic heterocycles. The van der Waals surface area contributed by atoms with Crippen molar-refractivity contribution in [2.45, 2.75) is 13.1 Å². The number of nitrogens with zero attached hydrogens (tertiary/aromatic N) is 1. The normalized spacial score (nSPS) is 16.2. The van der Waals surface area contributed by atoms with Crippen molar-refractivity contribution in [1.29, 1.82) is 0 Å². The lowest BCUT2D eigenvalue weighted by Crippen LogP contribution is -2.23. The largest absolute Gasteiger partial charge is 0.359 e. The van der Waals surface area contributed by atoms with E-state index in [0.717, 1.165) is 0 Å². The van der Waals surface area contributed by atoms with Crippen molar-refractivity contribution in [3.8, 4) is 0 Å². The van der Waals surface area contributed by atoms with Crippen LogP contribution in [-0.4, -0.2) is 0 Å². The molecule has 1 aliphatic rings. The van der Waals surface area contributed by atoms with Crippen LogP contribution in [-0.2, 0) is 0 Å². The summed E-state index contributed by atoms with van der Waals surface area (Å²) in [4.78, 5) is 2.37. The zero-order valence-corrected chi connectivity index (χ0v) is 12.5. The van der Waals surface area contributed by atoms with Gasteiger partial charge in [-0.1, -0.05) is 54.6 Å². The minimum atomic E-state index is 0.125. The summed E-state index contributed by atoms with van der Waals surface area (Å²) in [5, 5.41) is 3.65. The molecule has 3 aromatic rings. The number of rotatable bonds is 2. The summed E-state index contributed by atoms with van der Waals surface area (Å²) in [6.07, 6.45) is 0.125. The Kier molecular flexibility index (Phi) is 3.08. The van der Waals surface area contributed by atoms with Gasteiger partial charge in [0.05, 0.1) is 11.4 Å². The number of benzene rings is 3. The SMILES string of the molecule is Cc1ccc2c(c1)N(c1ccccc1)C(c1ccccc1)N2. The molecule has 1 unspecified atom stereocenters. The van der Waals surface area contributed by atoms with E-state index in [0.29, 0.717) is 0 Å². The molecule has 0 fully saturated rings. The van der Waals surface area contributed by atoms with Crippen LogP contribution in [0.2, 0.25) is 0 Å². The van der Waals surface area contributed by atoms with E-state index in [1.54, 1.807) is 0 Å². The second kappa shape index (κ2) is 5.23. The zero-order chi connectivity index (χ0) is 14.9. The molecule has 1 heterocycles. The third kappa shape index (κ3) is 2.13. The number of fused-ring (bicyclic) bond motifs is 1. The highest BCUT2D eigenvalue weighted by Crippen LogP contribution is 2.46. The summed E-state index contributed by atoms with van der Waals surface area (Å²) in [6.45, 7) is 2.14. The number of hydrogen-bond acceptors (Lipinski definition) is 2. The van der Waals surface area contributed by atoms with Crippen molar-refractivity contribution < 1.29 is 0 Å². The number of para-hydroxylation sites is 1. The van der Waals surface area contributed by atoms with Crippen LogP contribution in [0.25, 0.3) is 0 Å². The van der Waals surface area contributed by atoms with Crippen molar-refractivity contribution in [3.63, 3.8) is 0 Å². The van der Waals surface area contributed by atoms with Crippen molar-refractivity contribution in [3.05, 3.63) is 90.0 Å². The quantitative estimate of drug-likeness (QED) is 0.691.